The molecule has 0 amide bonds. The molecule has 0 bridgehead atoms. The van der Waals surface area contributed by atoms with Crippen LogP contribution in [0.5, 0.6) is 0 Å². The van der Waals surface area contributed by atoms with E-state index >= 15 is 0 Å². The molecule has 2 N–H and O–H groups in total. The molecule has 2 rings (SSSR count). The minimum absolute atomic E-state index is 0.0532. The molecule has 1 aromatic rings. The fraction of sp³-hybridized carbons (Fsp3) is 0.182. The van der Waals surface area contributed by atoms with Gasteiger partial charge in [-0.2, -0.15) is 0 Å². The van der Waals surface area contributed by atoms with E-state index in [9.17, 15) is 4.79 Å². The molecule has 0 aliphatic carbocycles. The van der Waals surface area contributed by atoms with Crippen LogP contribution in [-0.4, -0.2) is 11.0 Å². The van der Waals surface area contributed by atoms with E-state index in [0.717, 1.165) is 0 Å². The Morgan fingerprint density at radius 3 is 2.43 bits per heavy atom. The van der Waals surface area contributed by atoms with Gasteiger partial charge in [-0.1, -0.05) is 18.2 Å². The van der Waals surface area contributed by atoms with E-state index in [4.69, 9.17) is 0 Å². The fourth-order valence-corrected chi connectivity index (χ4v) is 0.926. The molecule has 0 fully saturated rings. The van der Waals surface area contributed by atoms with Crippen molar-refractivity contribution in [2.75, 3.05) is 0 Å². The third-order valence-electron chi connectivity index (χ3n) is 1.65. The first-order chi connectivity index (χ1) is 6.79. The first-order valence-electron chi connectivity index (χ1n) is 4.52. The van der Waals surface area contributed by atoms with E-state index in [-0.39, 0.29) is 5.56 Å². The number of allylic oxidation sites excluding steroid dienone is 2. The molecule has 0 radical (unpaired) electrons. The lowest BCUT2D eigenvalue weighted by atomic mass is 10.2. The molecule has 74 valence electrons. The fourth-order valence-electron chi connectivity index (χ4n) is 0.926. The van der Waals surface area contributed by atoms with Crippen molar-refractivity contribution in [1.29, 1.82) is 0 Å². The van der Waals surface area contributed by atoms with Gasteiger partial charge in [0.2, 0.25) is 5.56 Å². The Labute approximate surface area is 83.2 Å². The Morgan fingerprint density at radius 1 is 1.29 bits per heavy atom. The summed E-state index contributed by atoms with van der Waals surface area (Å²) in [7, 11) is 0. The maximum atomic E-state index is 10.2. The Kier molecular flexibility index (Phi) is 4.27. The molecule has 1 aliphatic rings. The van der Waals surface area contributed by atoms with Crippen molar-refractivity contribution in [2.45, 2.75) is 13.0 Å². The number of aromatic nitrogens is 1. The second kappa shape index (κ2) is 5.80. The highest BCUT2D eigenvalue weighted by atomic mass is 16.1. The van der Waals surface area contributed by atoms with E-state index < -0.39 is 0 Å². The molecule has 1 unspecified atom stereocenters. The van der Waals surface area contributed by atoms with Gasteiger partial charge in [-0.15, -0.1) is 0 Å². The van der Waals surface area contributed by atoms with E-state index in [1.165, 1.54) is 6.07 Å². The quantitative estimate of drug-likeness (QED) is 0.650. The molecule has 0 saturated heterocycles. The van der Waals surface area contributed by atoms with E-state index in [0.29, 0.717) is 6.04 Å². The van der Waals surface area contributed by atoms with Gasteiger partial charge in [0.15, 0.2) is 0 Å². The van der Waals surface area contributed by atoms with Gasteiger partial charge >= 0.3 is 0 Å². The van der Waals surface area contributed by atoms with Gasteiger partial charge in [-0.3, -0.25) is 4.79 Å². The Morgan fingerprint density at radius 2 is 2.14 bits per heavy atom. The number of pyridine rings is 1. The average Bonchev–Trinajstić information content (AvgIpc) is 2.21. The van der Waals surface area contributed by atoms with Gasteiger partial charge in [0.1, 0.15) is 0 Å². The molecule has 2 heterocycles. The first-order valence-corrected chi connectivity index (χ1v) is 4.52. The van der Waals surface area contributed by atoms with Crippen LogP contribution < -0.4 is 10.9 Å². The lowest BCUT2D eigenvalue weighted by molar-refractivity contribution is 0.761. The van der Waals surface area contributed by atoms with Crippen LogP contribution in [0.1, 0.15) is 6.92 Å². The maximum absolute atomic E-state index is 10.2. The molecule has 1 atom stereocenters. The highest BCUT2D eigenvalue weighted by molar-refractivity contribution is 5.10. The van der Waals surface area contributed by atoms with E-state index in [2.05, 4.69) is 23.3 Å². The molecule has 0 saturated carbocycles. The third kappa shape index (κ3) is 4.30. The molecule has 1 aromatic heterocycles. The van der Waals surface area contributed by atoms with Crippen LogP contribution in [0.3, 0.4) is 0 Å². The standard InChI is InChI=1S/C6H9N.C5H5NO/c1-6-4-2-3-5-7-6;7-5-3-1-2-4-6-5/h2-7H,1H3;1-4H,(H,6,7). The number of rotatable bonds is 0. The predicted molar refractivity (Wildman–Crippen MR) is 57.9 cm³/mol. The summed E-state index contributed by atoms with van der Waals surface area (Å²) in [5.74, 6) is 0. The smallest absolute Gasteiger partial charge is 0.247 e. The minimum Gasteiger partial charge on any atom is -0.385 e. The van der Waals surface area contributed by atoms with Crippen LogP contribution in [-0.2, 0) is 0 Å². The molecular weight excluding hydrogens is 176 g/mol. The zero-order valence-electron chi connectivity index (χ0n) is 8.10. The number of nitrogens with one attached hydrogen (secondary N) is 2. The molecular formula is C11H14N2O. The van der Waals surface area contributed by atoms with Gasteiger partial charge in [-0.25, -0.2) is 0 Å². The number of dihydropyridines is 1. The summed E-state index contributed by atoms with van der Waals surface area (Å²) in [6.07, 6.45) is 9.69. The Balaban J connectivity index is 0.000000140. The molecule has 3 heteroatoms. The van der Waals surface area contributed by atoms with Crippen molar-refractivity contribution in [3.8, 4) is 0 Å². The van der Waals surface area contributed by atoms with Crippen LogP contribution >= 0.6 is 0 Å². The highest BCUT2D eigenvalue weighted by Crippen LogP contribution is 1.90. The van der Waals surface area contributed by atoms with E-state index in [1.54, 1.807) is 18.3 Å². The zero-order valence-corrected chi connectivity index (χ0v) is 8.10. The maximum Gasteiger partial charge on any atom is 0.247 e. The van der Waals surface area contributed by atoms with Gasteiger partial charge in [0, 0.05) is 18.3 Å². The summed E-state index contributed by atoms with van der Waals surface area (Å²) < 4.78 is 0. The topological polar surface area (TPSA) is 44.9 Å². The third-order valence-corrected chi connectivity index (χ3v) is 1.65. The zero-order chi connectivity index (χ0) is 10.2. The van der Waals surface area contributed by atoms with Crippen LogP contribution in [0.4, 0.5) is 0 Å². The van der Waals surface area contributed by atoms with Gasteiger partial charge in [0.05, 0.1) is 0 Å². The minimum atomic E-state index is -0.0532. The van der Waals surface area contributed by atoms with E-state index in [1.807, 2.05) is 18.4 Å². The van der Waals surface area contributed by atoms with Crippen molar-refractivity contribution in [3.63, 3.8) is 0 Å². The molecule has 1 aliphatic heterocycles. The monoisotopic (exact) mass is 190 g/mol. The van der Waals surface area contributed by atoms with Crippen molar-refractivity contribution >= 4 is 0 Å². The van der Waals surface area contributed by atoms with Crippen LogP contribution in [0.2, 0.25) is 0 Å². The summed E-state index contributed by atoms with van der Waals surface area (Å²) in [6.45, 7) is 2.11. The number of hydrogen-bond acceptors (Lipinski definition) is 2. The Bertz CT molecular complexity index is 348. The number of H-pyrrole nitrogens is 1. The SMILES string of the molecule is CC1C=CC=CN1.O=c1cccc[nH]1. The molecule has 0 spiro atoms. The van der Waals surface area contributed by atoms with Crippen molar-refractivity contribution in [2.24, 2.45) is 0 Å². The second-order valence-electron chi connectivity index (χ2n) is 2.93. The number of hydrogen-bond donors (Lipinski definition) is 2. The summed E-state index contributed by atoms with van der Waals surface area (Å²) in [5.41, 5.74) is -0.0532. The lowest BCUT2D eigenvalue weighted by Gasteiger charge is -2.07. The van der Waals surface area contributed by atoms with Gasteiger partial charge in [-0.05, 0) is 25.3 Å². The summed E-state index contributed by atoms with van der Waals surface area (Å²) in [6, 6.07) is 5.45. The van der Waals surface area contributed by atoms with Crippen LogP contribution in [0.15, 0.2) is 53.6 Å². The van der Waals surface area contributed by atoms with Gasteiger partial charge in [0.25, 0.3) is 0 Å². The highest BCUT2D eigenvalue weighted by Gasteiger charge is 1.90. The molecule has 14 heavy (non-hydrogen) atoms. The van der Waals surface area contributed by atoms with Crippen molar-refractivity contribution < 1.29 is 0 Å². The molecule has 0 aromatic carbocycles. The lowest BCUT2D eigenvalue weighted by Crippen LogP contribution is -2.18. The largest absolute Gasteiger partial charge is 0.385 e. The number of aromatic amines is 1. The Hall–Kier alpha value is -1.77. The van der Waals surface area contributed by atoms with Crippen molar-refractivity contribution in [3.05, 3.63) is 59.2 Å². The van der Waals surface area contributed by atoms with Gasteiger partial charge < -0.3 is 10.3 Å². The second-order valence-corrected chi connectivity index (χ2v) is 2.93. The first kappa shape index (κ1) is 10.3. The summed E-state index contributed by atoms with van der Waals surface area (Å²) in [4.78, 5) is 12.7. The average molecular weight is 190 g/mol. The normalized spacial score (nSPS) is 17.9. The van der Waals surface area contributed by atoms with Crippen molar-refractivity contribution in [1.82, 2.24) is 10.3 Å². The molecule has 3 nitrogen and oxygen atoms in total. The predicted octanol–water partition coefficient (Wildman–Crippen LogP) is 1.42. The summed E-state index contributed by atoms with van der Waals surface area (Å²) >= 11 is 0. The van der Waals surface area contributed by atoms with Crippen LogP contribution in [0, 0.1) is 0 Å². The summed E-state index contributed by atoms with van der Waals surface area (Å²) in [5, 5.41) is 3.11. The van der Waals surface area contributed by atoms with Crippen LogP contribution in [0.25, 0.3) is 0 Å².